The van der Waals surface area contributed by atoms with Gasteiger partial charge >= 0.3 is 0 Å². The van der Waals surface area contributed by atoms with E-state index in [1.807, 2.05) is 13.0 Å². The van der Waals surface area contributed by atoms with Crippen LogP contribution in [-0.2, 0) is 16.6 Å². The van der Waals surface area contributed by atoms with E-state index in [1.54, 1.807) is 4.31 Å². The maximum absolute atomic E-state index is 12.3. The van der Waals surface area contributed by atoms with Crippen molar-refractivity contribution in [1.29, 1.82) is 0 Å². The Kier molecular flexibility index (Phi) is 13.0. The van der Waals surface area contributed by atoms with Crippen LogP contribution in [0.5, 0.6) is 0 Å². The number of rotatable bonds is 10. The number of hydrogen-bond donors (Lipinski definition) is 2. The van der Waals surface area contributed by atoms with Crippen molar-refractivity contribution >= 4 is 40.0 Å². The van der Waals surface area contributed by atoms with Crippen LogP contribution in [-0.4, -0.2) is 74.6 Å². The number of nitrogens with zero attached hydrogens (tertiary/aromatic N) is 3. The van der Waals surface area contributed by atoms with Gasteiger partial charge in [0.25, 0.3) is 0 Å². The summed E-state index contributed by atoms with van der Waals surface area (Å²) >= 11 is 0. The van der Waals surface area contributed by atoms with Crippen LogP contribution in [0.2, 0.25) is 0 Å². The molecule has 1 aliphatic rings. The van der Waals surface area contributed by atoms with E-state index in [0.717, 1.165) is 31.9 Å². The summed E-state index contributed by atoms with van der Waals surface area (Å²) in [5, 5.41) is 6.83. The van der Waals surface area contributed by atoms with Gasteiger partial charge in [-0.1, -0.05) is 37.3 Å². The molecule has 1 saturated heterocycles. The zero-order chi connectivity index (χ0) is 22.0. The third kappa shape index (κ3) is 9.63. The first kappa shape index (κ1) is 28.1. The lowest BCUT2D eigenvalue weighted by atomic mass is 10.1. The zero-order valence-corrected chi connectivity index (χ0v) is 22.5. The molecule has 1 heterocycles. The number of halogens is 1. The Bertz CT molecular complexity index is 752. The van der Waals surface area contributed by atoms with Crippen LogP contribution in [0.15, 0.2) is 35.3 Å². The smallest absolute Gasteiger partial charge is 0.214 e. The topological polar surface area (TPSA) is 77.0 Å². The van der Waals surface area contributed by atoms with Crippen molar-refractivity contribution in [2.75, 3.05) is 39.0 Å². The van der Waals surface area contributed by atoms with Gasteiger partial charge in [0.05, 0.1) is 12.3 Å². The molecule has 0 aliphatic carbocycles. The van der Waals surface area contributed by atoms with Crippen molar-refractivity contribution in [2.45, 2.75) is 58.7 Å². The molecular weight excluding hydrogens is 525 g/mol. The van der Waals surface area contributed by atoms with Crippen LogP contribution < -0.4 is 10.6 Å². The first-order chi connectivity index (χ1) is 14.4. The van der Waals surface area contributed by atoms with Gasteiger partial charge in [-0.3, -0.25) is 9.89 Å². The molecule has 0 bridgehead atoms. The number of aliphatic imine (C=N–C) groups is 1. The second kappa shape index (κ2) is 14.3. The molecular formula is C22H40IN5O2S. The van der Waals surface area contributed by atoms with Crippen LogP contribution >= 0.6 is 24.0 Å². The van der Waals surface area contributed by atoms with Gasteiger partial charge in [0.1, 0.15) is 0 Å². The van der Waals surface area contributed by atoms with Crippen molar-refractivity contribution in [3.8, 4) is 0 Å². The molecule has 0 aromatic heterocycles. The Hall–Kier alpha value is -0.910. The highest BCUT2D eigenvalue weighted by Gasteiger charge is 2.27. The largest absolute Gasteiger partial charge is 0.357 e. The number of benzene rings is 1. The maximum Gasteiger partial charge on any atom is 0.214 e. The van der Waals surface area contributed by atoms with Gasteiger partial charge in [-0.25, -0.2) is 12.7 Å². The van der Waals surface area contributed by atoms with E-state index < -0.39 is 10.0 Å². The number of nitrogens with one attached hydrogen (secondary N) is 2. The Balaban J connectivity index is 0.00000480. The van der Waals surface area contributed by atoms with Crippen LogP contribution in [0.4, 0.5) is 0 Å². The summed E-state index contributed by atoms with van der Waals surface area (Å²) in [7, 11) is -0.973. The highest BCUT2D eigenvalue weighted by molar-refractivity contribution is 14.0. The van der Waals surface area contributed by atoms with E-state index in [0.29, 0.717) is 32.1 Å². The lowest BCUT2D eigenvalue weighted by Gasteiger charge is -2.32. The second-order valence-electron chi connectivity index (χ2n) is 8.10. The fourth-order valence-electron chi connectivity index (χ4n) is 3.57. The third-order valence-corrected chi connectivity index (χ3v) is 7.61. The average molecular weight is 566 g/mol. The Morgan fingerprint density at radius 1 is 1.23 bits per heavy atom. The molecule has 7 nitrogen and oxygen atoms in total. The highest BCUT2D eigenvalue weighted by atomic mass is 127. The van der Waals surface area contributed by atoms with Crippen molar-refractivity contribution in [3.63, 3.8) is 0 Å². The number of hydrogen-bond acceptors (Lipinski definition) is 4. The van der Waals surface area contributed by atoms with Gasteiger partial charge < -0.3 is 10.6 Å². The first-order valence-electron chi connectivity index (χ1n) is 11.1. The summed E-state index contributed by atoms with van der Waals surface area (Å²) in [4.78, 5) is 7.09. The third-order valence-electron chi connectivity index (χ3n) is 5.54. The van der Waals surface area contributed by atoms with Gasteiger partial charge in [-0.05, 0) is 45.7 Å². The summed E-state index contributed by atoms with van der Waals surface area (Å²) in [5.74, 6) is 1.05. The standard InChI is InChI=1S/C22H39N5O2S.HI/c1-5-16-30(28,29)27-14-12-21(13-15-27)25-22(23-6-2)24-17-19(3)26(4)18-20-10-8-7-9-11-20;/h7-11,19,21H,5-6,12-18H2,1-4H3,(H2,23,24,25);1H. The number of sulfonamides is 1. The molecule has 31 heavy (non-hydrogen) atoms. The Morgan fingerprint density at radius 3 is 2.45 bits per heavy atom. The van der Waals surface area contributed by atoms with Gasteiger partial charge in [0, 0.05) is 38.3 Å². The lowest BCUT2D eigenvalue weighted by Crippen LogP contribution is -2.50. The van der Waals surface area contributed by atoms with E-state index in [9.17, 15) is 8.42 Å². The maximum atomic E-state index is 12.3. The van der Waals surface area contributed by atoms with Crippen LogP contribution in [0.3, 0.4) is 0 Å². The van der Waals surface area contributed by atoms with E-state index >= 15 is 0 Å². The number of piperidine rings is 1. The second-order valence-corrected chi connectivity index (χ2v) is 10.2. The fraction of sp³-hybridized carbons (Fsp3) is 0.682. The van der Waals surface area contributed by atoms with Crippen LogP contribution in [0, 0.1) is 0 Å². The molecule has 0 saturated carbocycles. The van der Waals surface area contributed by atoms with Crippen molar-refractivity contribution in [2.24, 2.45) is 4.99 Å². The molecule has 0 amide bonds. The number of likely N-dealkylation sites (N-methyl/N-ethyl adjacent to an activating group) is 1. The minimum Gasteiger partial charge on any atom is -0.357 e. The summed E-state index contributed by atoms with van der Waals surface area (Å²) in [6.45, 7) is 9.70. The van der Waals surface area contributed by atoms with E-state index in [1.165, 1.54) is 5.56 Å². The summed E-state index contributed by atoms with van der Waals surface area (Å²) in [6.07, 6.45) is 2.27. The predicted octanol–water partition coefficient (Wildman–Crippen LogP) is 2.88. The Labute approximate surface area is 206 Å². The van der Waals surface area contributed by atoms with Crippen molar-refractivity contribution in [1.82, 2.24) is 19.8 Å². The van der Waals surface area contributed by atoms with Crippen LogP contribution in [0.1, 0.15) is 45.6 Å². The molecule has 1 aromatic carbocycles. The highest BCUT2D eigenvalue weighted by Crippen LogP contribution is 2.15. The molecule has 2 N–H and O–H groups in total. The minimum atomic E-state index is -3.10. The molecule has 1 unspecified atom stereocenters. The van der Waals surface area contributed by atoms with Crippen molar-refractivity contribution < 1.29 is 8.42 Å². The SMILES string of the molecule is CCCS(=O)(=O)N1CCC(NC(=NCC(C)N(C)Cc2ccccc2)NCC)CC1.I. The molecule has 1 fully saturated rings. The quantitative estimate of drug-likeness (QED) is 0.259. The zero-order valence-electron chi connectivity index (χ0n) is 19.4. The average Bonchev–Trinajstić information content (AvgIpc) is 2.73. The van der Waals surface area contributed by atoms with E-state index in [-0.39, 0.29) is 35.8 Å². The fourth-order valence-corrected chi connectivity index (χ4v) is 5.11. The normalized spacial score (nSPS) is 17.3. The molecule has 1 aromatic rings. The summed E-state index contributed by atoms with van der Waals surface area (Å²) in [6, 6.07) is 11.0. The van der Waals surface area contributed by atoms with Crippen LogP contribution in [0.25, 0.3) is 0 Å². The predicted molar refractivity (Wildman–Crippen MR) is 141 cm³/mol. The van der Waals surface area contributed by atoms with Gasteiger partial charge in [-0.2, -0.15) is 0 Å². The molecule has 0 spiro atoms. The summed E-state index contributed by atoms with van der Waals surface area (Å²) in [5.41, 5.74) is 1.30. The van der Waals surface area contributed by atoms with E-state index in [2.05, 4.69) is 60.7 Å². The van der Waals surface area contributed by atoms with Gasteiger partial charge in [-0.15, -0.1) is 24.0 Å². The monoisotopic (exact) mass is 565 g/mol. The van der Waals surface area contributed by atoms with Crippen molar-refractivity contribution in [3.05, 3.63) is 35.9 Å². The summed E-state index contributed by atoms with van der Waals surface area (Å²) < 4.78 is 26.1. The molecule has 1 atom stereocenters. The molecule has 0 radical (unpaired) electrons. The molecule has 178 valence electrons. The molecule has 9 heteroatoms. The minimum absolute atomic E-state index is 0. The Morgan fingerprint density at radius 2 is 1.87 bits per heavy atom. The van der Waals surface area contributed by atoms with Gasteiger partial charge in [0.2, 0.25) is 10.0 Å². The lowest BCUT2D eigenvalue weighted by molar-refractivity contribution is 0.254. The number of guanidine groups is 1. The first-order valence-corrected chi connectivity index (χ1v) is 12.7. The van der Waals surface area contributed by atoms with E-state index in [4.69, 9.17) is 4.99 Å². The van der Waals surface area contributed by atoms with Gasteiger partial charge in [0.15, 0.2) is 5.96 Å². The molecule has 1 aliphatic heterocycles. The molecule has 2 rings (SSSR count).